The topological polar surface area (TPSA) is 50.1 Å². The zero-order chi connectivity index (χ0) is 14.5. The number of nitrogens with zero attached hydrogens (tertiary/aromatic N) is 2. The van der Waals surface area contributed by atoms with Gasteiger partial charge in [0.2, 0.25) is 0 Å². The molecule has 2 N–H and O–H groups in total. The second-order valence-electron chi connectivity index (χ2n) is 5.54. The number of aliphatic hydroxyl groups is 1. The highest BCUT2D eigenvalue weighted by Crippen LogP contribution is 2.24. The number of aromatic nitrogens is 2. The van der Waals surface area contributed by atoms with E-state index < -0.39 is 0 Å². The van der Waals surface area contributed by atoms with Gasteiger partial charge in [-0.3, -0.25) is 0 Å². The second-order valence-corrected chi connectivity index (χ2v) is 6.52. The maximum atomic E-state index is 10.0. The molecule has 110 valence electrons. The SMILES string of the molecule is CC(C)CC(O)CNC(c1cccs1)c1nccn1C. The highest BCUT2D eigenvalue weighted by Gasteiger charge is 2.20. The van der Waals surface area contributed by atoms with Crippen LogP contribution >= 0.6 is 11.3 Å². The molecule has 0 amide bonds. The lowest BCUT2D eigenvalue weighted by Crippen LogP contribution is -2.32. The van der Waals surface area contributed by atoms with Gasteiger partial charge in [0.25, 0.3) is 0 Å². The smallest absolute Gasteiger partial charge is 0.131 e. The Labute approximate surface area is 124 Å². The fourth-order valence-corrected chi connectivity index (χ4v) is 3.11. The van der Waals surface area contributed by atoms with Crippen molar-refractivity contribution in [1.29, 1.82) is 0 Å². The van der Waals surface area contributed by atoms with E-state index in [0.717, 1.165) is 12.2 Å². The Morgan fingerprint density at radius 3 is 2.80 bits per heavy atom. The van der Waals surface area contributed by atoms with E-state index in [1.165, 1.54) is 4.88 Å². The van der Waals surface area contributed by atoms with E-state index in [1.54, 1.807) is 11.3 Å². The van der Waals surface area contributed by atoms with Crippen molar-refractivity contribution in [1.82, 2.24) is 14.9 Å². The predicted molar refractivity (Wildman–Crippen MR) is 82.8 cm³/mol. The Bertz CT molecular complexity index is 507. The molecule has 2 aromatic heterocycles. The van der Waals surface area contributed by atoms with Crippen molar-refractivity contribution in [3.63, 3.8) is 0 Å². The Morgan fingerprint density at radius 1 is 1.45 bits per heavy atom. The lowest BCUT2D eigenvalue weighted by atomic mass is 10.1. The van der Waals surface area contributed by atoms with Crippen molar-refractivity contribution in [2.75, 3.05) is 6.54 Å². The van der Waals surface area contributed by atoms with Gasteiger partial charge in [-0.2, -0.15) is 0 Å². The van der Waals surface area contributed by atoms with Gasteiger partial charge in [0.1, 0.15) is 11.9 Å². The lowest BCUT2D eigenvalue weighted by Gasteiger charge is -2.20. The molecule has 0 fully saturated rings. The van der Waals surface area contributed by atoms with Crippen LogP contribution in [0.2, 0.25) is 0 Å². The molecule has 2 aromatic rings. The van der Waals surface area contributed by atoms with Gasteiger partial charge in [-0.05, 0) is 23.8 Å². The Kier molecular flexibility index (Phi) is 5.34. The summed E-state index contributed by atoms with van der Waals surface area (Å²) in [5.74, 6) is 1.48. The molecule has 0 saturated carbocycles. The molecule has 5 heteroatoms. The number of rotatable bonds is 7. The zero-order valence-electron chi connectivity index (χ0n) is 12.3. The van der Waals surface area contributed by atoms with Gasteiger partial charge >= 0.3 is 0 Å². The van der Waals surface area contributed by atoms with Crippen molar-refractivity contribution in [2.45, 2.75) is 32.4 Å². The first-order chi connectivity index (χ1) is 9.58. The zero-order valence-corrected chi connectivity index (χ0v) is 13.1. The normalized spacial score (nSPS) is 14.7. The molecular weight excluding hydrogens is 270 g/mol. The summed E-state index contributed by atoms with van der Waals surface area (Å²) < 4.78 is 2.02. The molecule has 2 unspecified atom stereocenters. The van der Waals surface area contributed by atoms with E-state index in [9.17, 15) is 5.11 Å². The van der Waals surface area contributed by atoms with Gasteiger partial charge in [-0.1, -0.05) is 19.9 Å². The van der Waals surface area contributed by atoms with Gasteiger partial charge < -0.3 is 15.0 Å². The summed E-state index contributed by atoms with van der Waals surface area (Å²) >= 11 is 1.71. The van der Waals surface area contributed by atoms with Crippen LogP contribution in [0.3, 0.4) is 0 Å². The van der Waals surface area contributed by atoms with Crippen molar-refractivity contribution in [2.24, 2.45) is 13.0 Å². The van der Waals surface area contributed by atoms with E-state index in [4.69, 9.17) is 0 Å². The van der Waals surface area contributed by atoms with Crippen molar-refractivity contribution >= 4 is 11.3 Å². The fraction of sp³-hybridized carbons (Fsp3) is 0.533. The summed E-state index contributed by atoms with van der Waals surface area (Å²) in [5.41, 5.74) is 0. The molecule has 0 spiro atoms. The van der Waals surface area contributed by atoms with Crippen molar-refractivity contribution < 1.29 is 5.11 Å². The molecule has 2 heterocycles. The molecule has 0 aliphatic carbocycles. The maximum Gasteiger partial charge on any atom is 0.131 e. The molecule has 4 nitrogen and oxygen atoms in total. The summed E-state index contributed by atoms with van der Waals surface area (Å²) in [6, 6.07) is 4.19. The van der Waals surface area contributed by atoms with Crippen LogP contribution in [0.4, 0.5) is 0 Å². The number of hydrogen-bond acceptors (Lipinski definition) is 4. The first-order valence-electron chi connectivity index (χ1n) is 7.00. The molecule has 0 aliphatic rings. The van der Waals surface area contributed by atoms with E-state index in [-0.39, 0.29) is 12.1 Å². The molecule has 0 bridgehead atoms. The molecule has 0 saturated heterocycles. The average molecular weight is 293 g/mol. The minimum Gasteiger partial charge on any atom is -0.392 e. The van der Waals surface area contributed by atoms with Crippen LogP contribution < -0.4 is 5.32 Å². The van der Waals surface area contributed by atoms with Crippen LogP contribution in [-0.4, -0.2) is 27.3 Å². The number of aliphatic hydroxyl groups excluding tert-OH is 1. The van der Waals surface area contributed by atoms with Gasteiger partial charge in [0, 0.05) is 30.9 Å². The van der Waals surface area contributed by atoms with Gasteiger partial charge in [-0.15, -0.1) is 11.3 Å². The Balaban J connectivity index is 2.07. The minimum absolute atomic E-state index is 0.0387. The van der Waals surface area contributed by atoms with Crippen molar-refractivity contribution in [3.05, 3.63) is 40.6 Å². The van der Waals surface area contributed by atoms with E-state index in [1.807, 2.05) is 30.1 Å². The third kappa shape index (κ3) is 3.91. The van der Waals surface area contributed by atoms with Crippen LogP contribution in [0.5, 0.6) is 0 Å². The van der Waals surface area contributed by atoms with Crippen molar-refractivity contribution in [3.8, 4) is 0 Å². The lowest BCUT2D eigenvalue weighted by molar-refractivity contribution is 0.144. The highest BCUT2D eigenvalue weighted by atomic mass is 32.1. The molecule has 20 heavy (non-hydrogen) atoms. The summed E-state index contributed by atoms with van der Waals surface area (Å²) in [7, 11) is 2.00. The van der Waals surface area contributed by atoms with Crippen LogP contribution in [-0.2, 0) is 7.05 Å². The summed E-state index contributed by atoms with van der Waals surface area (Å²) in [6.45, 7) is 4.82. The Morgan fingerprint density at radius 2 is 2.25 bits per heavy atom. The first kappa shape index (κ1) is 15.2. The van der Waals surface area contributed by atoms with Gasteiger partial charge in [0.05, 0.1) is 6.10 Å². The Hall–Kier alpha value is -1.17. The third-order valence-corrected chi connectivity index (χ3v) is 4.18. The number of hydrogen-bond donors (Lipinski definition) is 2. The van der Waals surface area contributed by atoms with Crippen LogP contribution in [0.25, 0.3) is 0 Å². The number of thiophene rings is 1. The summed E-state index contributed by atoms with van der Waals surface area (Å²) in [4.78, 5) is 5.66. The first-order valence-corrected chi connectivity index (χ1v) is 7.88. The van der Waals surface area contributed by atoms with E-state index in [0.29, 0.717) is 12.5 Å². The molecule has 0 aliphatic heterocycles. The van der Waals surface area contributed by atoms with Gasteiger partial charge in [-0.25, -0.2) is 4.98 Å². The number of imidazole rings is 1. The standard InChI is InChI=1S/C15H23N3OS/c1-11(2)9-12(19)10-17-14(13-5-4-8-20-13)15-16-6-7-18(15)3/h4-8,11-12,14,17,19H,9-10H2,1-3H3. The van der Waals surface area contributed by atoms with Gasteiger partial charge in [0.15, 0.2) is 0 Å². The van der Waals surface area contributed by atoms with Crippen LogP contribution in [0.1, 0.15) is 37.0 Å². The molecule has 2 atom stereocenters. The molecular formula is C15H23N3OS. The van der Waals surface area contributed by atoms with Crippen LogP contribution in [0, 0.1) is 5.92 Å². The average Bonchev–Trinajstić information content (AvgIpc) is 3.01. The predicted octanol–water partition coefficient (Wildman–Crippen LogP) is 2.57. The van der Waals surface area contributed by atoms with Crippen LogP contribution in [0.15, 0.2) is 29.9 Å². The third-order valence-electron chi connectivity index (χ3n) is 3.25. The maximum absolute atomic E-state index is 10.0. The minimum atomic E-state index is -0.322. The second kappa shape index (κ2) is 7.02. The van der Waals surface area contributed by atoms with E-state index in [2.05, 4.69) is 35.6 Å². The molecule has 2 rings (SSSR count). The monoisotopic (exact) mass is 293 g/mol. The summed E-state index contributed by atoms with van der Waals surface area (Å²) in [5, 5.41) is 15.6. The highest BCUT2D eigenvalue weighted by molar-refractivity contribution is 7.10. The largest absolute Gasteiger partial charge is 0.392 e. The number of aryl methyl sites for hydroxylation is 1. The molecule has 0 radical (unpaired) electrons. The summed E-state index contributed by atoms with van der Waals surface area (Å²) in [6.07, 6.45) is 4.24. The fourth-order valence-electron chi connectivity index (χ4n) is 2.31. The van der Waals surface area contributed by atoms with E-state index >= 15 is 0 Å². The quantitative estimate of drug-likeness (QED) is 0.825. The molecule has 0 aromatic carbocycles. The number of nitrogens with one attached hydrogen (secondary N) is 1.